The first-order valence-corrected chi connectivity index (χ1v) is 9.31. The minimum atomic E-state index is -0.977. The largest absolute Gasteiger partial charge is 0.490 e. The molecule has 3 aromatic carbocycles. The molecule has 0 aromatic heterocycles. The molecule has 0 radical (unpaired) electrons. The van der Waals surface area contributed by atoms with Crippen LogP contribution in [0.4, 0.5) is 10.1 Å². The van der Waals surface area contributed by atoms with E-state index in [-0.39, 0.29) is 11.4 Å². The van der Waals surface area contributed by atoms with E-state index in [1.165, 1.54) is 24.3 Å². The van der Waals surface area contributed by atoms with E-state index in [4.69, 9.17) is 14.6 Å². The maximum atomic E-state index is 13.0. The van der Waals surface area contributed by atoms with Crippen LogP contribution in [0, 0.1) is 5.82 Å². The van der Waals surface area contributed by atoms with Gasteiger partial charge < -0.3 is 14.6 Å². The van der Waals surface area contributed by atoms with Crippen LogP contribution in [-0.4, -0.2) is 23.9 Å². The highest BCUT2D eigenvalue weighted by molar-refractivity contribution is 5.88. The minimum absolute atomic E-state index is 0.210. The van der Waals surface area contributed by atoms with Crippen LogP contribution in [0.2, 0.25) is 0 Å². The molecule has 30 heavy (non-hydrogen) atoms. The monoisotopic (exact) mass is 408 g/mol. The topological polar surface area (TPSA) is 80.2 Å². The smallest absolute Gasteiger partial charge is 0.335 e. The summed E-state index contributed by atoms with van der Waals surface area (Å²) in [6.07, 6.45) is 1.62. The van der Waals surface area contributed by atoms with E-state index in [9.17, 15) is 9.18 Å². The van der Waals surface area contributed by atoms with Gasteiger partial charge in [-0.25, -0.2) is 9.18 Å². The Morgan fingerprint density at radius 2 is 1.77 bits per heavy atom. The van der Waals surface area contributed by atoms with Crippen LogP contribution in [0.15, 0.2) is 71.8 Å². The SMILES string of the molecule is CCOc1cc(C=NNc2ccc(C(=O)O)cc2)ccc1OCc1ccc(F)cc1. The first-order chi connectivity index (χ1) is 14.5. The predicted molar refractivity (Wildman–Crippen MR) is 113 cm³/mol. The molecular weight excluding hydrogens is 387 g/mol. The lowest BCUT2D eigenvalue weighted by atomic mass is 10.2. The number of nitrogens with one attached hydrogen (secondary N) is 1. The van der Waals surface area contributed by atoms with E-state index in [1.807, 2.05) is 19.1 Å². The molecule has 0 atom stereocenters. The Balaban J connectivity index is 1.65. The van der Waals surface area contributed by atoms with Gasteiger partial charge in [0.25, 0.3) is 0 Å². The molecule has 3 aromatic rings. The molecule has 0 aliphatic heterocycles. The molecular formula is C23H21FN2O4. The molecule has 0 saturated heterocycles. The summed E-state index contributed by atoms with van der Waals surface area (Å²) in [5, 5.41) is 13.1. The molecule has 0 heterocycles. The van der Waals surface area contributed by atoms with Crippen molar-refractivity contribution in [3.63, 3.8) is 0 Å². The summed E-state index contributed by atoms with van der Waals surface area (Å²) in [4.78, 5) is 10.9. The second-order valence-electron chi connectivity index (χ2n) is 6.31. The van der Waals surface area contributed by atoms with Crippen molar-refractivity contribution in [2.24, 2.45) is 5.10 Å². The molecule has 154 valence electrons. The standard InChI is InChI=1S/C23H21FN2O4/c1-2-29-22-13-17(14-25-26-20-10-6-18(7-11-20)23(27)28)5-12-21(22)30-15-16-3-8-19(24)9-4-16/h3-14,26H,2,15H2,1H3,(H,27,28). The Kier molecular flexibility index (Phi) is 7.00. The number of nitrogens with zero attached hydrogens (tertiary/aromatic N) is 1. The van der Waals surface area contributed by atoms with Crippen LogP contribution >= 0.6 is 0 Å². The van der Waals surface area contributed by atoms with Crippen molar-refractivity contribution in [3.8, 4) is 11.5 Å². The molecule has 0 spiro atoms. The molecule has 0 saturated carbocycles. The zero-order valence-electron chi connectivity index (χ0n) is 16.3. The fraction of sp³-hybridized carbons (Fsp3) is 0.130. The van der Waals surface area contributed by atoms with Crippen LogP contribution < -0.4 is 14.9 Å². The average molecular weight is 408 g/mol. The summed E-state index contributed by atoms with van der Waals surface area (Å²) in [6, 6.07) is 17.8. The quantitative estimate of drug-likeness (QED) is 0.387. The van der Waals surface area contributed by atoms with E-state index in [0.29, 0.717) is 30.4 Å². The number of ether oxygens (including phenoxy) is 2. The van der Waals surface area contributed by atoms with Gasteiger partial charge in [-0.1, -0.05) is 12.1 Å². The van der Waals surface area contributed by atoms with E-state index in [1.54, 1.807) is 36.5 Å². The lowest BCUT2D eigenvalue weighted by Crippen LogP contribution is -2.01. The molecule has 3 rings (SSSR count). The van der Waals surface area contributed by atoms with Crippen LogP contribution in [0.25, 0.3) is 0 Å². The third-order valence-corrected chi connectivity index (χ3v) is 4.11. The Morgan fingerprint density at radius 3 is 2.43 bits per heavy atom. The highest BCUT2D eigenvalue weighted by Gasteiger charge is 2.07. The third kappa shape index (κ3) is 5.81. The van der Waals surface area contributed by atoms with Gasteiger partial charge in [0.2, 0.25) is 0 Å². The highest BCUT2D eigenvalue weighted by atomic mass is 19.1. The molecule has 0 aliphatic carbocycles. The average Bonchev–Trinajstić information content (AvgIpc) is 2.75. The molecule has 0 unspecified atom stereocenters. The molecule has 6 nitrogen and oxygen atoms in total. The van der Waals surface area contributed by atoms with Gasteiger partial charge in [0, 0.05) is 0 Å². The van der Waals surface area contributed by atoms with Crippen molar-refractivity contribution < 1.29 is 23.8 Å². The van der Waals surface area contributed by atoms with Gasteiger partial charge in [0.1, 0.15) is 12.4 Å². The predicted octanol–water partition coefficient (Wildman–Crippen LogP) is 4.95. The molecule has 0 bridgehead atoms. The summed E-state index contributed by atoms with van der Waals surface area (Å²) in [5.41, 5.74) is 5.37. The maximum absolute atomic E-state index is 13.0. The summed E-state index contributed by atoms with van der Waals surface area (Å²) in [6.45, 7) is 2.65. The van der Waals surface area contributed by atoms with Crippen molar-refractivity contribution in [2.75, 3.05) is 12.0 Å². The number of carbonyl (C=O) groups is 1. The summed E-state index contributed by atoms with van der Waals surface area (Å²) >= 11 is 0. The lowest BCUT2D eigenvalue weighted by Gasteiger charge is -2.12. The second-order valence-corrected chi connectivity index (χ2v) is 6.31. The van der Waals surface area contributed by atoms with Gasteiger partial charge >= 0.3 is 5.97 Å². The van der Waals surface area contributed by atoms with Crippen molar-refractivity contribution in [2.45, 2.75) is 13.5 Å². The van der Waals surface area contributed by atoms with Gasteiger partial charge in [0.05, 0.1) is 24.1 Å². The fourth-order valence-corrected chi connectivity index (χ4v) is 2.60. The van der Waals surface area contributed by atoms with Crippen LogP contribution in [0.1, 0.15) is 28.4 Å². The Bertz CT molecular complexity index is 1020. The number of halogens is 1. The number of carboxylic acid groups (broad SMARTS) is 1. The van der Waals surface area contributed by atoms with Gasteiger partial charge in [-0.05, 0) is 72.6 Å². The maximum Gasteiger partial charge on any atom is 0.335 e. The highest BCUT2D eigenvalue weighted by Crippen LogP contribution is 2.29. The molecule has 2 N–H and O–H groups in total. The number of hydrogen-bond acceptors (Lipinski definition) is 5. The number of carboxylic acids is 1. The minimum Gasteiger partial charge on any atom is -0.490 e. The Morgan fingerprint density at radius 1 is 1.03 bits per heavy atom. The normalized spacial score (nSPS) is 10.7. The van der Waals surface area contributed by atoms with Gasteiger partial charge in [0.15, 0.2) is 11.5 Å². The van der Waals surface area contributed by atoms with Crippen molar-refractivity contribution >= 4 is 17.9 Å². The van der Waals surface area contributed by atoms with E-state index in [2.05, 4.69) is 10.5 Å². The molecule has 0 aliphatic rings. The fourth-order valence-electron chi connectivity index (χ4n) is 2.60. The summed E-state index contributed by atoms with van der Waals surface area (Å²) in [7, 11) is 0. The second kappa shape index (κ2) is 10.1. The number of hydrazone groups is 1. The van der Waals surface area contributed by atoms with Crippen LogP contribution in [0.5, 0.6) is 11.5 Å². The zero-order valence-corrected chi connectivity index (χ0v) is 16.3. The number of anilines is 1. The summed E-state index contributed by atoms with van der Waals surface area (Å²) in [5.74, 6) is -0.107. The van der Waals surface area contributed by atoms with Crippen LogP contribution in [0.3, 0.4) is 0 Å². The third-order valence-electron chi connectivity index (χ3n) is 4.11. The molecule has 0 amide bonds. The van der Waals surface area contributed by atoms with E-state index >= 15 is 0 Å². The zero-order chi connectivity index (χ0) is 21.3. The van der Waals surface area contributed by atoms with Gasteiger partial charge in [-0.2, -0.15) is 5.10 Å². The Labute approximate surface area is 173 Å². The van der Waals surface area contributed by atoms with Gasteiger partial charge in [-0.15, -0.1) is 0 Å². The van der Waals surface area contributed by atoms with Gasteiger partial charge in [-0.3, -0.25) is 5.43 Å². The molecule has 0 fully saturated rings. The summed E-state index contributed by atoms with van der Waals surface area (Å²) < 4.78 is 24.5. The lowest BCUT2D eigenvalue weighted by molar-refractivity contribution is 0.0697. The first kappa shape index (κ1) is 20.9. The number of aromatic carboxylic acids is 1. The van der Waals surface area contributed by atoms with Crippen molar-refractivity contribution in [3.05, 3.63) is 89.2 Å². The number of hydrogen-bond donors (Lipinski definition) is 2. The van der Waals surface area contributed by atoms with E-state index in [0.717, 1.165) is 11.1 Å². The number of rotatable bonds is 9. The Hall–Kier alpha value is -3.87. The van der Waals surface area contributed by atoms with Crippen LogP contribution in [-0.2, 0) is 6.61 Å². The van der Waals surface area contributed by atoms with Crippen molar-refractivity contribution in [1.29, 1.82) is 0 Å². The first-order valence-electron chi connectivity index (χ1n) is 9.31. The van der Waals surface area contributed by atoms with E-state index < -0.39 is 5.97 Å². The van der Waals surface area contributed by atoms with Crippen molar-refractivity contribution in [1.82, 2.24) is 0 Å². The number of benzene rings is 3. The molecule has 7 heteroatoms.